The van der Waals surface area contributed by atoms with Gasteiger partial charge in [0.25, 0.3) is 0 Å². The molecule has 0 spiro atoms. The quantitative estimate of drug-likeness (QED) is 0.776. The van der Waals surface area contributed by atoms with E-state index >= 15 is 0 Å². The standard InChI is InChI=1S/C13H16N2O/c1-16-9-8-14-10-11-4-2-6-13-12(11)5-3-7-15-13/h2-7,14H,8-10H2,1H3. The monoisotopic (exact) mass is 216 g/mol. The Hall–Kier alpha value is -1.45. The van der Waals surface area contributed by atoms with Gasteiger partial charge in [0.15, 0.2) is 0 Å². The van der Waals surface area contributed by atoms with E-state index in [9.17, 15) is 0 Å². The second-order valence-corrected chi connectivity index (χ2v) is 3.66. The van der Waals surface area contributed by atoms with Gasteiger partial charge in [-0.3, -0.25) is 4.98 Å². The van der Waals surface area contributed by atoms with Crippen molar-refractivity contribution in [1.82, 2.24) is 10.3 Å². The first-order valence-electron chi connectivity index (χ1n) is 5.44. The number of nitrogens with one attached hydrogen (secondary N) is 1. The van der Waals surface area contributed by atoms with Gasteiger partial charge in [0, 0.05) is 31.8 Å². The van der Waals surface area contributed by atoms with Gasteiger partial charge in [0.05, 0.1) is 12.1 Å². The van der Waals surface area contributed by atoms with Crippen LogP contribution in [0, 0.1) is 0 Å². The normalized spacial score (nSPS) is 10.8. The molecular weight excluding hydrogens is 200 g/mol. The number of hydrogen-bond acceptors (Lipinski definition) is 3. The zero-order valence-electron chi connectivity index (χ0n) is 9.44. The van der Waals surface area contributed by atoms with Crippen molar-refractivity contribution in [3.05, 3.63) is 42.1 Å². The van der Waals surface area contributed by atoms with E-state index in [0.29, 0.717) is 0 Å². The first-order chi connectivity index (χ1) is 7.92. The molecule has 0 radical (unpaired) electrons. The summed E-state index contributed by atoms with van der Waals surface area (Å²) in [7, 11) is 1.71. The van der Waals surface area contributed by atoms with Crippen molar-refractivity contribution in [3.8, 4) is 0 Å². The molecule has 0 fully saturated rings. The third-order valence-electron chi connectivity index (χ3n) is 2.53. The van der Waals surface area contributed by atoms with Crippen LogP contribution >= 0.6 is 0 Å². The minimum atomic E-state index is 0.739. The van der Waals surface area contributed by atoms with Gasteiger partial charge in [-0.25, -0.2) is 0 Å². The van der Waals surface area contributed by atoms with Crippen molar-refractivity contribution in [1.29, 1.82) is 0 Å². The third kappa shape index (κ3) is 2.56. The van der Waals surface area contributed by atoms with E-state index in [2.05, 4.69) is 22.4 Å². The second kappa shape index (κ2) is 5.58. The third-order valence-corrected chi connectivity index (χ3v) is 2.53. The highest BCUT2D eigenvalue weighted by Gasteiger charge is 1.99. The highest BCUT2D eigenvalue weighted by Crippen LogP contribution is 2.15. The lowest BCUT2D eigenvalue weighted by molar-refractivity contribution is 0.199. The Bertz CT molecular complexity index is 451. The van der Waals surface area contributed by atoms with Gasteiger partial charge in [-0.1, -0.05) is 18.2 Å². The van der Waals surface area contributed by atoms with Crippen LogP contribution in [0.15, 0.2) is 36.5 Å². The van der Waals surface area contributed by atoms with Crippen LogP contribution in [0.1, 0.15) is 5.56 Å². The van der Waals surface area contributed by atoms with Crippen molar-refractivity contribution in [2.45, 2.75) is 6.54 Å². The number of fused-ring (bicyclic) bond motifs is 1. The van der Waals surface area contributed by atoms with E-state index in [1.54, 1.807) is 7.11 Å². The Morgan fingerprint density at radius 3 is 3.06 bits per heavy atom. The predicted octanol–water partition coefficient (Wildman–Crippen LogP) is 1.97. The Kier molecular flexibility index (Phi) is 3.86. The number of rotatable bonds is 5. The summed E-state index contributed by atoms with van der Waals surface area (Å²) in [6.45, 7) is 2.46. The molecule has 2 aromatic rings. The molecule has 3 nitrogen and oxygen atoms in total. The van der Waals surface area contributed by atoms with Crippen molar-refractivity contribution >= 4 is 10.9 Å². The number of aromatic nitrogens is 1. The number of pyridine rings is 1. The molecule has 1 aromatic heterocycles. The highest BCUT2D eigenvalue weighted by atomic mass is 16.5. The van der Waals surface area contributed by atoms with Crippen LogP contribution in [-0.4, -0.2) is 25.2 Å². The van der Waals surface area contributed by atoms with E-state index < -0.39 is 0 Å². The Morgan fingerprint density at radius 1 is 1.25 bits per heavy atom. The van der Waals surface area contributed by atoms with E-state index in [0.717, 1.165) is 25.2 Å². The summed E-state index contributed by atoms with van der Waals surface area (Å²) in [4.78, 5) is 4.33. The minimum absolute atomic E-state index is 0.739. The van der Waals surface area contributed by atoms with E-state index in [1.807, 2.05) is 24.4 Å². The van der Waals surface area contributed by atoms with Crippen molar-refractivity contribution in [2.24, 2.45) is 0 Å². The topological polar surface area (TPSA) is 34.1 Å². The van der Waals surface area contributed by atoms with Crippen LogP contribution in [0.2, 0.25) is 0 Å². The number of nitrogens with zero attached hydrogens (tertiary/aromatic N) is 1. The van der Waals surface area contributed by atoms with Crippen molar-refractivity contribution in [2.75, 3.05) is 20.3 Å². The van der Waals surface area contributed by atoms with Crippen LogP contribution in [0.5, 0.6) is 0 Å². The minimum Gasteiger partial charge on any atom is -0.383 e. The molecule has 0 aliphatic rings. The average Bonchev–Trinajstić information content (AvgIpc) is 2.35. The molecule has 1 N–H and O–H groups in total. The zero-order valence-corrected chi connectivity index (χ0v) is 9.44. The number of benzene rings is 1. The lowest BCUT2D eigenvalue weighted by Crippen LogP contribution is -2.18. The van der Waals surface area contributed by atoms with Gasteiger partial charge >= 0.3 is 0 Å². The molecule has 1 heterocycles. The largest absolute Gasteiger partial charge is 0.383 e. The van der Waals surface area contributed by atoms with Gasteiger partial charge in [0.2, 0.25) is 0 Å². The molecule has 3 heteroatoms. The molecule has 0 saturated carbocycles. The average molecular weight is 216 g/mol. The van der Waals surface area contributed by atoms with Crippen LogP contribution in [0.3, 0.4) is 0 Å². The fourth-order valence-electron chi connectivity index (χ4n) is 1.72. The molecule has 0 bridgehead atoms. The lowest BCUT2D eigenvalue weighted by atomic mass is 10.1. The molecular formula is C13H16N2O. The Morgan fingerprint density at radius 2 is 2.19 bits per heavy atom. The highest BCUT2D eigenvalue weighted by molar-refractivity contribution is 5.81. The summed E-state index contributed by atoms with van der Waals surface area (Å²) in [6.07, 6.45) is 1.82. The summed E-state index contributed by atoms with van der Waals surface area (Å²) in [5, 5.41) is 4.56. The number of hydrogen-bond donors (Lipinski definition) is 1. The first-order valence-corrected chi connectivity index (χ1v) is 5.44. The fourth-order valence-corrected chi connectivity index (χ4v) is 1.72. The van der Waals surface area contributed by atoms with Gasteiger partial charge in [-0.2, -0.15) is 0 Å². The maximum atomic E-state index is 4.99. The molecule has 2 rings (SSSR count). The van der Waals surface area contributed by atoms with Crippen LogP contribution < -0.4 is 5.32 Å². The molecule has 0 atom stereocenters. The Balaban J connectivity index is 2.11. The SMILES string of the molecule is COCCNCc1cccc2ncccc12. The number of methoxy groups -OCH3 is 1. The molecule has 0 unspecified atom stereocenters. The number of ether oxygens (including phenoxy) is 1. The fraction of sp³-hybridized carbons (Fsp3) is 0.308. The molecule has 84 valence electrons. The molecule has 0 amide bonds. The molecule has 0 saturated heterocycles. The maximum absolute atomic E-state index is 4.99. The van der Waals surface area contributed by atoms with Gasteiger partial charge in [0.1, 0.15) is 0 Å². The van der Waals surface area contributed by atoms with Gasteiger partial charge in [-0.05, 0) is 17.7 Å². The Labute approximate surface area is 95.5 Å². The molecule has 0 aliphatic carbocycles. The molecule has 0 aliphatic heterocycles. The predicted molar refractivity (Wildman–Crippen MR) is 65.3 cm³/mol. The summed E-state index contributed by atoms with van der Waals surface area (Å²) < 4.78 is 4.99. The lowest BCUT2D eigenvalue weighted by Gasteiger charge is -2.07. The van der Waals surface area contributed by atoms with Crippen LogP contribution in [0.25, 0.3) is 10.9 Å². The van der Waals surface area contributed by atoms with Gasteiger partial charge < -0.3 is 10.1 Å². The molecule has 1 aromatic carbocycles. The maximum Gasteiger partial charge on any atom is 0.0705 e. The first kappa shape index (κ1) is 11.0. The second-order valence-electron chi connectivity index (χ2n) is 3.66. The smallest absolute Gasteiger partial charge is 0.0705 e. The van der Waals surface area contributed by atoms with Crippen LogP contribution in [-0.2, 0) is 11.3 Å². The summed E-state index contributed by atoms with van der Waals surface area (Å²) in [5.41, 5.74) is 2.33. The molecule has 16 heavy (non-hydrogen) atoms. The summed E-state index contributed by atoms with van der Waals surface area (Å²) in [5.74, 6) is 0. The van der Waals surface area contributed by atoms with Crippen molar-refractivity contribution in [3.63, 3.8) is 0 Å². The van der Waals surface area contributed by atoms with Gasteiger partial charge in [-0.15, -0.1) is 0 Å². The summed E-state index contributed by atoms with van der Waals surface area (Å²) in [6, 6.07) is 10.3. The van der Waals surface area contributed by atoms with E-state index in [-0.39, 0.29) is 0 Å². The zero-order chi connectivity index (χ0) is 11.2. The van der Waals surface area contributed by atoms with Crippen LogP contribution in [0.4, 0.5) is 0 Å². The van der Waals surface area contributed by atoms with E-state index in [4.69, 9.17) is 4.74 Å². The summed E-state index contributed by atoms with van der Waals surface area (Å²) >= 11 is 0. The van der Waals surface area contributed by atoms with E-state index in [1.165, 1.54) is 10.9 Å². The van der Waals surface area contributed by atoms with Crippen molar-refractivity contribution < 1.29 is 4.74 Å².